The van der Waals surface area contributed by atoms with Gasteiger partial charge in [-0.1, -0.05) is 12.1 Å². The largest absolute Gasteiger partial charge is 0.495 e. The number of carbonyl (C=O) groups is 2. The number of urea groups is 1. The Hall–Kier alpha value is -2.24. The van der Waals surface area contributed by atoms with E-state index in [1.54, 1.807) is 14.0 Å². The highest BCUT2D eigenvalue weighted by atomic mass is 16.5. The van der Waals surface area contributed by atoms with Gasteiger partial charge < -0.3 is 15.4 Å². The molecule has 0 unspecified atom stereocenters. The van der Waals surface area contributed by atoms with E-state index in [0.29, 0.717) is 5.75 Å². The SMILES string of the molecule is COc1ccccc1N[C@@H](C)C(=O)NC(=O)NC12CC3CC(CC(C3)C1)C2. The van der Waals surface area contributed by atoms with Crippen LogP contribution in [0.15, 0.2) is 24.3 Å². The zero-order valence-corrected chi connectivity index (χ0v) is 16.1. The van der Waals surface area contributed by atoms with Crippen molar-refractivity contribution in [1.82, 2.24) is 10.6 Å². The van der Waals surface area contributed by atoms with Crippen LogP contribution in [0.1, 0.15) is 45.4 Å². The molecular weight excluding hydrogens is 342 g/mol. The lowest BCUT2D eigenvalue weighted by molar-refractivity contribution is -0.120. The fraction of sp³-hybridized carbons (Fsp3) is 0.619. The average molecular weight is 371 g/mol. The smallest absolute Gasteiger partial charge is 0.321 e. The van der Waals surface area contributed by atoms with E-state index in [4.69, 9.17) is 4.74 Å². The van der Waals surface area contributed by atoms with Gasteiger partial charge in [-0.15, -0.1) is 0 Å². The van der Waals surface area contributed by atoms with Crippen LogP contribution in [0.4, 0.5) is 10.5 Å². The number of hydrogen-bond donors (Lipinski definition) is 3. The molecule has 0 radical (unpaired) electrons. The van der Waals surface area contributed by atoms with Crippen molar-refractivity contribution in [3.8, 4) is 5.75 Å². The van der Waals surface area contributed by atoms with Crippen molar-refractivity contribution in [2.75, 3.05) is 12.4 Å². The van der Waals surface area contributed by atoms with Crippen LogP contribution < -0.4 is 20.7 Å². The molecule has 4 fully saturated rings. The monoisotopic (exact) mass is 371 g/mol. The lowest BCUT2D eigenvalue weighted by Crippen LogP contribution is -2.62. The fourth-order valence-electron chi connectivity index (χ4n) is 5.82. The van der Waals surface area contributed by atoms with E-state index in [1.165, 1.54) is 19.3 Å². The highest BCUT2D eigenvalue weighted by molar-refractivity contribution is 5.98. The Morgan fingerprint density at radius 1 is 1.07 bits per heavy atom. The number of hydrogen-bond acceptors (Lipinski definition) is 4. The lowest BCUT2D eigenvalue weighted by Gasteiger charge is -2.56. The molecule has 0 aromatic heterocycles. The molecule has 27 heavy (non-hydrogen) atoms. The normalized spacial score (nSPS) is 31.9. The summed E-state index contributed by atoms with van der Waals surface area (Å²) in [6, 6.07) is 6.49. The second-order valence-electron chi connectivity index (χ2n) is 8.71. The molecule has 1 aromatic rings. The molecule has 146 valence electrons. The molecule has 0 spiro atoms. The van der Waals surface area contributed by atoms with Crippen LogP contribution in [0.2, 0.25) is 0 Å². The number of methoxy groups -OCH3 is 1. The molecule has 0 heterocycles. The highest BCUT2D eigenvalue weighted by Gasteiger charge is 2.51. The first-order chi connectivity index (χ1) is 13.0. The summed E-state index contributed by atoms with van der Waals surface area (Å²) < 4.78 is 5.29. The third kappa shape index (κ3) is 3.75. The van der Waals surface area contributed by atoms with Crippen molar-refractivity contribution < 1.29 is 14.3 Å². The zero-order valence-electron chi connectivity index (χ0n) is 16.1. The predicted molar refractivity (Wildman–Crippen MR) is 104 cm³/mol. The van der Waals surface area contributed by atoms with Crippen molar-refractivity contribution in [2.24, 2.45) is 17.8 Å². The fourth-order valence-corrected chi connectivity index (χ4v) is 5.82. The Bertz CT molecular complexity index is 698. The summed E-state index contributed by atoms with van der Waals surface area (Å²) >= 11 is 0. The molecule has 0 saturated heterocycles. The van der Waals surface area contributed by atoms with Gasteiger partial charge in [0, 0.05) is 5.54 Å². The van der Waals surface area contributed by atoms with Gasteiger partial charge in [0.1, 0.15) is 11.8 Å². The van der Waals surface area contributed by atoms with Gasteiger partial charge in [0.05, 0.1) is 12.8 Å². The number of rotatable bonds is 5. The number of anilines is 1. The molecule has 3 N–H and O–H groups in total. The molecule has 4 aliphatic rings. The molecular formula is C21H29N3O3. The number of carbonyl (C=O) groups excluding carboxylic acids is 2. The van der Waals surface area contributed by atoms with Crippen LogP contribution in [0.5, 0.6) is 5.75 Å². The first-order valence-corrected chi connectivity index (χ1v) is 9.99. The minimum absolute atomic E-state index is 0.0988. The Balaban J connectivity index is 1.33. The van der Waals surface area contributed by atoms with Crippen LogP contribution in [0.3, 0.4) is 0 Å². The van der Waals surface area contributed by atoms with Crippen molar-refractivity contribution >= 4 is 17.6 Å². The van der Waals surface area contributed by atoms with Crippen LogP contribution in [0.25, 0.3) is 0 Å². The summed E-state index contributed by atoms with van der Waals surface area (Å²) in [4.78, 5) is 25.0. The van der Waals surface area contributed by atoms with E-state index in [-0.39, 0.29) is 17.5 Å². The summed E-state index contributed by atoms with van der Waals surface area (Å²) in [5.41, 5.74) is 0.627. The predicted octanol–water partition coefficient (Wildman–Crippen LogP) is 3.29. The van der Waals surface area contributed by atoms with Crippen molar-refractivity contribution in [2.45, 2.75) is 57.0 Å². The summed E-state index contributed by atoms with van der Waals surface area (Å²) in [5.74, 6) is 2.56. The summed E-state index contributed by atoms with van der Waals surface area (Å²) in [6.07, 6.45) is 7.16. The van der Waals surface area contributed by atoms with Crippen LogP contribution in [-0.2, 0) is 4.79 Å². The topological polar surface area (TPSA) is 79.5 Å². The second kappa shape index (κ2) is 7.06. The molecule has 4 aliphatic carbocycles. The van der Waals surface area contributed by atoms with Crippen molar-refractivity contribution in [3.63, 3.8) is 0 Å². The highest BCUT2D eigenvalue weighted by Crippen LogP contribution is 2.55. The first-order valence-electron chi connectivity index (χ1n) is 9.99. The first kappa shape index (κ1) is 18.1. The van der Waals surface area contributed by atoms with Gasteiger partial charge in [0.2, 0.25) is 5.91 Å². The molecule has 6 nitrogen and oxygen atoms in total. The van der Waals surface area contributed by atoms with Gasteiger partial charge in [-0.2, -0.15) is 0 Å². The number of benzene rings is 1. The van der Waals surface area contributed by atoms with Crippen LogP contribution >= 0.6 is 0 Å². The minimum atomic E-state index is -0.552. The minimum Gasteiger partial charge on any atom is -0.495 e. The molecule has 1 atom stereocenters. The third-order valence-corrected chi connectivity index (χ3v) is 6.53. The van der Waals surface area contributed by atoms with E-state index in [0.717, 1.165) is 42.7 Å². The van der Waals surface area contributed by atoms with E-state index in [9.17, 15) is 9.59 Å². The van der Waals surface area contributed by atoms with Gasteiger partial charge in [-0.05, 0) is 75.3 Å². The van der Waals surface area contributed by atoms with Gasteiger partial charge in [0.25, 0.3) is 0 Å². The van der Waals surface area contributed by atoms with Crippen molar-refractivity contribution in [3.05, 3.63) is 24.3 Å². The van der Waals surface area contributed by atoms with Crippen LogP contribution in [0, 0.1) is 17.8 Å². The maximum absolute atomic E-state index is 12.5. The van der Waals surface area contributed by atoms with Gasteiger partial charge in [0.15, 0.2) is 0 Å². The second-order valence-corrected chi connectivity index (χ2v) is 8.71. The van der Waals surface area contributed by atoms with Gasteiger partial charge >= 0.3 is 6.03 Å². The van der Waals surface area contributed by atoms with E-state index >= 15 is 0 Å². The maximum Gasteiger partial charge on any atom is 0.321 e. The third-order valence-electron chi connectivity index (χ3n) is 6.53. The van der Waals surface area contributed by atoms with Crippen molar-refractivity contribution in [1.29, 1.82) is 0 Å². The Morgan fingerprint density at radius 3 is 2.26 bits per heavy atom. The number of imide groups is 1. The molecule has 4 saturated carbocycles. The Labute approximate surface area is 160 Å². The van der Waals surface area contributed by atoms with E-state index in [2.05, 4.69) is 16.0 Å². The van der Waals surface area contributed by atoms with Gasteiger partial charge in [-0.3, -0.25) is 10.1 Å². The summed E-state index contributed by atoms with van der Waals surface area (Å²) in [7, 11) is 1.59. The number of para-hydroxylation sites is 2. The number of ether oxygens (including phenoxy) is 1. The lowest BCUT2D eigenvalue weighted by atomic mass is 9.53. The van der Waals surface area contributed by atoms with Gasteiger partial charge in [-0.25, -0.2) is 4.79 Å². The molecule has 5 rings (SSSR count). The summed E-state index contributed by atoms with van der Waals surface area (Å²) in [5, 5.41) is 8.80. The molecule has 1 aromatic carbocycles. The summed E-state index contributed by atoms with van der Waals surface area (Å²) in [6.45, 7) is 1.74. The standard InChI is InChI=1S/C21H29N3O3/c1-13(22-17-5-3-4-6-18(17)27-2)19(25)23-20(26)24-21-10-14-7-15(11-21)9-16(8-14)12-21/h3-6,13-16,22H,7-12H2,1-2H3,(H2,23,24,25,26)/t13-,14?,15?,16?,21?/m0/s1. The van der Waals surface area contributed by atoms with E-state index in [1.807, 2.05) is 24.3 Å². The molecule has 4 bridgehead atoms. The Kier molecular flexibility index (Phi) is 4.74. The quantitative estimate of drug-likeness (QED) is 0.742. The number of nitrogens with one attached hydrogen (secondary N) is 3. The molecule has 6 heteroatoms. The Morgan fingerprint density at radius 2 is 1.67 bits per heavy atom. The molecule has 3 amide bonds. The average Bonchev–Trinajstić information content (AvgIpc) is 2.60. The maximum atomic E-state index is 12.5. The van der Waals surface area contributed by atoms with Crippen LogP contribution in [-0.4, -0.2) is 30.6 Å². The number of amides is 3. The van der Waals surface area contributed by atoms with E-state index < -0.39 is 6.04 Å². The molecule has 0 aliphatic heterocycles. The zero-order chi connectivity index (χ0) is 19.0.